The van der Waals surface area contributed by atoms with E-state index in [4.69, 9.17) is 4.74 Å². The highest BCUT2D eigenvalue weighted by atomic mass is 16.5. The van der Waals surface area contributed by atoms with E-state index in [2.05, 4.69) is 16.9 Å². The van der Waals surface area contributed by atoms with Crippen molar-refractivity contribution >= 4 is 5.91 Å². The molecule has 0 N–H and O–H groups in total. The fourth-order valence-electron chi connectivity index (χ4n) is 2.29. The van der Waals surface area contributed by atoms with Crippen molar-refractivity contribution in [1.29, 1.82) is 0 Å². The van der Waals surface area contributed by atoms with Gasteiger partial charge in [0.2, 0.25) is 0 Å². The lowest BCUT2D eigenvalue weighted by Gasteiger charge is -2.33. The van der Waals surface area contributed by atoms with Crippen molar-refractivity contribution in [2.24, 2.45) is 0 Å². The molecule has 98 valence electrons. The summed E-state index contributed by atoms with van der Waals surface area (Å²) < 4.78 is 5.01. The van der Waals surface area contributed by atoms with E-state index < -0.39 is 0 Å². The first-order valence-electron chi connectivity index (χ1n) is 6.32. The molecule has 0 bridgehead atoms. The third kappa shape index (κ3) is 2.60. The third-order valence-corrected chi connectivity index (χ3v) is 3.30. The molecule has 2 heterocycles. The molecule has 0 radical (unpaired) electrons. The maximum atomic E-state index is 12.4. The van der Waals surface area contributed by atoms with Crippen molar-refractivity contribution in [3.63, 3.8) is 0 Å². The standard InChI is InChI=1S/C13H19N3O2/c1-9-8-11(15-13(14-9)18-3)12(17)16-7-5-4-6-10(16)2/h8,10H,4-7H2,1-3H3/t10-/m1/s1. The fourth-order valence-corrected chi connectivity index (χ4v) is 2.29. The molecule has 1 fully saturated rings. The summed E-state index contributed by atoms with van der Waals surface area (Å²) in [5.74, 6) is -0.0222. The van der Waals surface area contributed by atoms with Crippen molar-refractivity contribution in [2.45, 2.75) is 39.2 Å². The van der Waals surface area contributed by atoms with Gasteiger partial charge in [-0.15, -0.1) is 0 Å². The highest BCUT2D eigenvalue weighted by molar-refractivity contribution is 5.92. The third-order valence-electron chi connectivity index (χ3n) is 3.30. The molecule has 5 nitrogen and oxygen atoms in total. The minimum absolute atomic E-state index is 0.0222. The molecule has 0 unspecified atom stereocenters. The van der Waals surface area contributed by atoms with Crippen LogP contribution < -0.4 is 4.74 Å². The Kier molecular flexibility index (Phi) is 3.79. The average Bonchev–Trinajstić information content (AvgIpc) is 2.37. The zero-order valence-corrected chi connectivity index (χ0v) is 11.1. The SMILES string of the molecule is COc1nc(C)cc(C(=O)N2CCCC[C@H]2C)n1. The number of methoxy groups -OCH3 is 1. The van der Waals surface area contributed by atoms with Gasteiger partial charge >= 0.3 is 6.01 Å². The van der Waals surface area contributed by atoms with E-state index in [1.54, 1.807) is 6.07 Å². The van der Waals surface area contributed by atoms with Gasteiger partial charge in [-0.3, -0.25) is 4.79 Å². The van der Waals surface area contributed by atoms with E-state index in [0.29, 0.717) is 5.69 Å². The summed E-state index contributed by atoms with van der Waals surface area (Å²) in [6.45, 7) is 4.73. The number of carbonyl (C=O) groups excluding carboxylic acids is 1. The van der Waals surface area contributed by atoms with Crippen molar-refractivity contribution in [3.8, 4) is 6.01 Å². The second kappa shape index (κ2) is 5.33. The summed E-state index contributed by atoms with van der Waals surface area (Å²) in [5.41, 5.74) is 1.17. The summed E-state index contributed by atoms with van der Waals surface area (Å²) in [4.78, 5) is 22.5. The quantitative estimate of drug-likeness (QED) is 0.802. The number of amides is 1. The van der Waals surface area contributed by atoms with Gasteiger partial charge in [0.25, 0.3) is 5.91 Å². The van der Waals surface area contributed by atoms with Gasteiger partial charge < -0.3 is 9.64 Å². The lowest BCUT2D eigenvalue weighted by Crippen LogP contribution is -2.42. The van der Waals surface area contributed by atoms with Crippen LogP contribution in [0.2, 0.25) is 0 Å². The van der Waals surface area contributed by atoms with Gasteiger partial charge in [0, 0.05) is 18.3 Å². The Morgan fingerprint density at radius 1 is 1.44 bits per heavy atom. The second-order valence-electron chi connectivity index (χ2n) is 4.72. The Hall–Kier alpha value is -1.65. The van der Waals surface area contributed by atoms with Gasteiger partial charge in [-0.25, -0.2) is 4.98 Å². The number of ether oxygens (including phenoxy) is 1. The van der Waals surface area contributed by atoms with E-state index in [-0.39, 0.29) is 18.0 Å². The largest absolute Gasteiger partial charge is 0.467 e. The van der Waals surface area contributed by atoms with Crippen LogP contribution in [0.3, 0.4) is 0 Å². The van der Waals surface area contributed by atoms with Crippen LogP contribution in [-0.4, -0.2) is 40.5 Å². The number of nitrogens with zero attached hydrogens (tertiary/aromatic N) is 3. The molecule has 0 saturated carbocycles. The predicted octanol–water partition coefficient (Wildman–Crippen LogP) is 1.81. The van der Waals surface area contributed by atoms with Crippen LogP contribution >= 0.6 is 0 Å². The Bertz CT molecular complexity index is 448. The molecule has 18 heavy (non-hydrogen) atoms. The number of hydrogen-bond acceptors (Lipinski definition) is 4. The maximum Gasteiger partial charge on any atom is 0.317 e. The summed E-state index contributed by atoms with van der Waals surface area (Å²) in [5, 5.41) is 0. The van der Waals surface area contributed by atoms with Gasteiger partial charge in [0.15, 0.2) is 0 Å². The van der Waals surface area contributed by atoms with E-state index >= 15 is 0 Å². The van der Waals surface area contributed by atoms with Gasteiger partial charge in [-0.05, 0) is 39.2 Å². The Balaban J connectivity index is 2.24. The highest BCUT2D eigenvalue weighted by Crippen LogP contribution is 2.19. The van der Waals surface area contributed by atoms with Gasteiger partial charge in [-0.2, -0.15) is 4.98 Å². The Labute approximate surface area is 107 Å². The molecule has 1 aliphatic heterocycles. The van der Waals surface area contributed by atoms with Gasteiger partial charge in [-0.1, -0.05) is 0 Å². The average molecular weight is 249 g/mol. The Morgan fingerprint density at radius 2 is 2.22 bits per heavy atom. The molecular weight excluding hydrogens is 230 g/mol. The van der Waals surface area contributed by atoms with E-state index in [1.807, 2.05) is 11.8 Å². The minimum atomic E-state index is -0.0222. The van der Waals surface area contributed by atoms with Crippen molar-refractivity contribution in [2.75, 3.05) is 13.7 Å². The van der Waals surface area contributed by atoms with Crippen LogP contribution in [0.15, 0.2) is 6.07 Å². The summed E-state index contributed by atoms with van der Waals surface area (Å²) in [6.07, 6.45) is 3.32. The summed E-state index contributed by atoms with van der Waals surface area (Å²) >= 11 is 0. The van der Waals surface area contributed by atoms with E-state index in [0.717, 1.165) is 25.1 Å². The van der Waals surface area contributed by atoms with Crippen LogP contribution in [-0.2, 0) is 0 Å². The van der Waals surface area contributed by atoms with E-state index in [9.17, 15) is 4.79 Å². The lowest BCUT2D eigenvalue weighted by molar-refractivity contribution is 0.0628. The number of hydrogen-bond donors (Lipinski definition) is 0. The molecule has 5 heteroatoms. The number of aryl methyl sites for hydroxylation is 1. The molecule has 1 aromatic heterocycles. The number of rotatable bonds is 2. The van der Waals surface area contributed by atoms with Crippen molar-refractivity contribution in [1.82, 2.24) is 14.9 Å². The lowest BCUT2D eigenvalue weighted by atomic mass is 10.0. The number of carbonyl (C=O) groups is 1. The molecule has 1 aliphatic rings. The van der Waals surface area contributed by atoms with Crippen LogP contribution in [0.25, 0.3) is 0 Å². The first-order valence-corrected chi connectivity index (χ1v) is 6.32. The number of likely N-dealkylation sites (tertiary alicyclic amines) is 1. The topological polar surface area (TPSA) is 55.3 Å². The smallest absolute Gasteiger partial charge is 0.317 e. The first-order chi connectivity index (χ1) is 8.61. The molecule has 1 saturated heterocycles. The molecule has 1 atom stereocenters. The zero-order chi connectivity index (χ0) is 13.1. The number of piperidine rings is 1. The molecule has 2 rings (SSSR count). The van der Waals surface area contributed by atoms with Crippen molar-refractivity contribution in [3.05, 3.63) is 17.5 Å². The van der Waals surface area contributed by atoms with E-state index in [1.165, 1.54) is 13.5 Å². The molecule has 0 aliphatic carbocycles. The molecule has 1 aromatic rings. The highest BCUT2D eigenvalue weighted by Gasteiger charge is 2.25. The van der Waals surface area contributed by atoms with Crippen LogP contribution in [0, 0.1) is 6.92 Å². The number of aromatic nitrogens is 2. The molecule has 0 spiro atoms. The van der Waals surface area contributed by atoms with Crippen LogP contribution in [0.4, 0.5) is 0 Å². The van der Waals surface area contributed by atoms with Crippen LogP contribution in [0.5, 0.6) is 6.01 Å². The van der Waals surface area contributed by atoms with Crippen LogP contribution in [0.1, 0.15) is 42.4 Å². The first kappa shape index (κ1) is 12.8. The molecule has 1 amide bonds. The molecular formula is C13H19N3O2. The summed E-state index contributed by atoms with van der Waals surface area (Å²) in [6, 6.07) is 2.25. The van der Waals surface area contributed by atoms with Gasteiger partial charge in [0.05, 0.1) is 7.11 Å². The normalized spacial score (nSPS) is 19.7. The Morgan fingerprint density at radius 3 is 2.89 bits per heavy atom. The predicted molar refractivity (Wildman–Crippen MR) is 67.7 cm³/mol. The minimum Gasteiger partial charge on any atom is -0.467 e. The second-order valence-corrected chi connectivity index (χ2v) is 4.72. The summed E-state index contributed by atoms with van der Waals surface area (Å²) in [7, 11) is 1.51. The monoisotopic (exact) mass is 249 g/mol. The maximum absolute atomic E-state index is 12.4. The van der Waals surface area contributed by atoms with Crippen molar-refractivity contribution < 1.29 is 9.53 Å². The zero-order valence-electron chi connectivity index (χ0n) is 11.1. The fraction of sp³-hybridized carbons (Fsp3) is 0.615. The molecule has 0 aromatic carbocycles. The van der Waals surface area contributed by atoms with Gasteiger partial charge in [0.1, 0.15) is 5.69 Å².